The van der Waals surface area contributed by atoms with E-state index in [9.17, 15) is 0 Å². The average molecular weight is 262 g/mol. The summed E-state index contributed by atoms with van der Waals surface area (Å²) in [6.07, 6.45) is 4.67. The Morgan fingerprint density at radius 3 is 2.30 bits per heavy atom. The van der Waals surface area contributed by atoms with E-state index >= 15 is 0 Å². The van der Waals surface area contributed by atoms with Gasteiger partial charge >= 0.3 is 0 Å². The highest BCUT2D eigenvalue weighted by molar-refractivity contribution is 6.15. The molecule has 2 aliphatic rings. The minimum atomic E-state index is 0.0585. The normalized spacial score (nSPS) is 27.4. The lowest BCUT2D eigenvalue weighted by Crippen LogP contribution is -2.24. The number of nitrogens with zero attached hydrogens (tertiary/aromatic N) is 4. The minimum Gasteiger partial charge on any atom is -0.255 e. The number of aromatic nitrogens is 2. The molecule has 2 atom stereocenters. The molecule has 2 aromatic rings. The lowest BCUT2D eigenvalue weighted by Gasteiger charge is -2.18. The maximum absolute atomic E-state index is 4.45. The molecule has 3 heterocycles. The number of hydrogen-bond donors (Lipinski definition) is 0. The molecule has 0 aromatic carbocycles. The van der Waals surface area contributed by atoms with Crippen molar-refractivity contribution in [3.8, 4) is 0 Å². The zero-order valence-corrected chi connectivity index (χ0v) is 11.2. The topological polar surface area (TPSA) is 50.5 Å². The molecule has 0 spiro atoms. The van der Waals surface area contributed by atoms with Crippen molar-refractivity contribution >= 4 is 11.4 Å². The van der Waals surface area contributed by atoms with Gasteiger partial charge in [0.1, 0.15) is 0 Å². The quantitative estimate of drug-likeness (QED) is 0.835. The van der Waals surface area contributed by atoms with Gasteiger partial charge in [-0.3, -0.25) is 9.97 Å². The van der Waals surface area contributed by atoms with Crippen LogP contribution in [0, 0.1) is 11.3 Å². The van der Waals surface area contributed by atoms with Crippen LogP contribution in [0.1, 0.15) is 24.7 Å². The minimum absolute atomic E-state index is 0.0585. The summed E-state index contributed by atoms with van der Waals surface area (Å²) in [5.41, 5.74) is 3.94. The van der Waals surface area contributed by atoms with E-state index in [0.29, 0.717) is 5.92 Å². The summed E-state index contributed by atoms with van der Waals surface area (Å²) in [5.74, 6) is 0.409. The maximum Gasteiger partial charge on any atom is 0.0952 e. The van der Waals surface area contributed by atoms with Crippen LogP contribution in [0.5, 0.6) is 0 Å². The van der Waals surface area contributed by atoms with E-state index in [-0.39, 0.29) is 5.41 Å². The van der Waals surface area contributed by atoms with Gasteiger partial charge in [-0.1, -0.05) is 19.1 Å². The van der Waals surface area contributed by atoms with E-state index < -0.39 is 0 Å². The number of fused-ring (bicyclic) bond motifs is 1. The predicted octanol–water partition coefficient (Wildman–Crippen LogP) is 2.71. The molecule has 4 rings (SSSR count). The monoisotopic (exact) mass is 262 g/mol. The van der Waals surface area contributed by atoms with Crippen LogP contribution in [0.4, 0.5) is 0 Å². The fourth-order valence-corrected chi connectivity index (χ4v) is 2.90. The summed E-state index contributed by atoms with van der Waals surface area (Å²) >= 11 is 0. The fourth-order valence-electron chi connectivity index (χ4n) is 2.90. The van der Waals surface area contributed by atoms with E-state index in [1.165, 1.54) is 0 Å². The van der Waals surface area contributed by atoms with Gasteiger partial charge in [-0.25, -0.2) is 0 Å². The Bertz CT molecular complexity index is 706. The summed E-state index contributed by atoms with van der Waals surface area (Å²) in [5, 5.41) is 8.88. The second kappa shape index (κ2) is 4.07. The Morgan fingerprint density at radius 1 is 0.950 bits per heavy atom. The van der Waals surface area contributed by atoms with E-state index in [4.69, 9.17) is 0 Å². The van der Waals surface area contributed by atoms with E-state index in [2.05, 4.69) is 27.1 Å². The third-order valence-corrected chi connectivity index (χ3v) is 4.20. The van der Waals surface area contributed by atoms with Gasteiger partial charge in [0.25, 0.3) is 0 Å². The molecule has 0 unspecified atom stereocenters. The highest BCUT2D eigenvalue weighted by atomic mass is 15.2. The maximum atomic E-state index is 4.45. The largest absolute Gasteiger partial charge is 0.255 e. The predicted molar refractivity (Wildman–Crippen MR) is 77.8 cm³/mol. The highest BCUT2D eigenvalue weighted by Crippen LogP contribution is 2.57. The first kappa shape index (κ1) is 11.5. The molecule has 1 fully saturated rings. The van der Waals surface area contributed by atoms with Crippen molar-refractivity contribution in [2.75, 3.05) is 0 Å². The van der Waals surface area contributed by atoms with Crippen LogP contribution in [0.25, 0.3) is 0 Å². The smallest absolute Gasteiger partial charge is 0.0952 e. The van der Waals surface area contributed by atoms with Crippen molar-refractivity contribution in [2.24, 2.45) is 21.5 Å². The molecule has 0 saturated heterocycles. The molecular formula is C16H14N4. The van der Waals surface area contributed by atoms with Crippen molar-refractivity contribution in [1.82, 2.24) is 9.97 Å². The summed E-state index contributed by atoms with van der Waals surface area (Å²) in [4.78, 5) is 8.80. The highest BCUT2D eigenvalue weighted by Gasteiger charge is 2.59. The van der Waals surface area contributed by atoms with Gasteiger partial charge in [0.05, 0.1) is 22.8 Å². The molecule has 2 aromatic heterocycles. The fraction of sp³-hybridized carbons (Fsp3) is 0.250. The van der Waals surface area contributed by atoms with Gasteiger partial charge in [-0.15, -0.1) is 0 Å². The Hall–Kier alpha value is -2.36. The van der Waals surface area contributed by atoms with Crippen molar-refractivity contribution in [1.29, 1.82) is 0 Å². The van der Waals surface area contributed by atoms with Crippen LogP contribution >= 0.6 is 0 Å². The summed E-state index contributed by atoms with van der Waals surface area (Å²) in [6, 6.07) is 11.8. The van der Waals surface area contributed by atoms with E-state index in [1.807, 2.05) is 36.4 Å². The molecule has 0 N–H and O–H groups in total. The third kappa shape index (κ3) is 1.61. The van der Waals surface area contributed by atoms with Crippen molar-refractivity contribution < 1.29 is 0 Å². The van der Waals surface area contributed by atoms with Gasteiger partial charge in [-0.2, -0.15) is 10.2 Å². The second-order valence-corrected chi connectivity index (χ2v) is 5.54. The molecule has 4 heteroatoms. The molecule has 0 amide bonds. The lowest BCUT2D eigenvalue weighted by atomic mass is 9.93. The number of rotatable bonds is 2. The molecule has 1 saturated carbocycles. The van der Waals surface area contributed by atoms with Crippen LogP contribution in [0.15, 0.2) is 59.0 Å². The third-order valence-electron chi connectivity index (χ3n) is 4.20. The summed E-state index contributed by atoms with van der Waals surface area (Å²) in [7, 11) is 0. The zero-order chi connectivity index (χ0) is 13.6. The van der Waals surface area contributed by atoms with Gasteiger partial charge in [0.2, 0.25) is 0 Å². The standard InChI is InChI=1S/C16H14N4/c1-16-10-11(16)14(12-6-2-4-8-17-12)19-20-15(16)13-7-3-5-9-18-13/h2-9,11H,10H2,1H3/t11-,16-/m0/s1. The van der Waals surface area contributed by atoms with Gasteiger partial charge in [0, 0.05) is 23.7 Å². The first-order chi connectivity index (χ1) is 9.79. The Morgan fingerprint density at radius 2 is 1.65 bits per heavy atom. The summed E-state index contributed by atoms with van der Waals surface area (Å²) < 4.78 is 0. The van der Waals surface area contributed by atoms with Crippen LogP contribution in [-0.2, 0) is 0 Å². The van der Waals surface area contributed by atoms with Crippen LogP contribution < -0.4 is 0 Å². The first-order valence-corrected chi connectivity index (χ1v) is 6.78. The molecule has 0 radical (unpaired) electrons. The van der Waals surface area contributed by atoms with Crippen LogP contribution in [0.2, 0.25) is 0 Å². The molecule has 1 aliphatic carbocycles. The number of pyridine rings is 2. The van der Waals surface area contributed by atoms with Gasteiger partial charge in [-0.05, 0) is 30.7 Å². The number of hydrogen-bond acceptors (Lipinski definition) is 4. The van der Waals surface area contributed by atoms with Crippen LogP contribution in [-0.4, -0.2) is 21.4 Å². The average Bonchev–Trinajstić information content (AvgIpc) is 3.20. The molecule has 98 valence electrons. The Labute approximate surface area is 117 Å². The molecule has 1 aliphatic heterocycles. The second-order valence-electron chi connectivity index (χ2n) is 5.54. The van der Waals surface area contributed by atoms with E-state index in [0.717, 1.165) is 29.2 Å². The SMILES string of the molecule is C[C@]12C[C@H]1C(c1ccccn1)=NN=C2c1ccccn1. The lowest BCUT2D eigenvalue weighted by molar-refractivity contribution is 0.739. The van der Waals surface area contributed by atoms with Crippen molar-refractivity contribution in [3.63, 3.8) is 0 Å². The van der Waals surface area contributed by atoms with Gasteiger partial charge in [0.15, 0.2) is 0 Å². The molecular weight excluding hydrogens is 248 g/mol. The Kier molecular flexibility index (Phi) is 2.33. The van der Waals surface area contributed by atoms with Crippen molar-refractivity contribution in [3.05, 3.63) is 60.2 Å². The molecule has 4 nitrogen and oxygen atoms in total. The van der Waals surface area contributed by atoms with Crippen molar-refractivity contribution in [2.45, 2.75) is 13.3 Å². The Balaban J connectivity index is 1.78. The summed E-state index contributed by atoms with van der Waals surface area (Å²) in [6.45, 7) is 2.24. The van der Waals surface area contributed by atoms with Crippen LogP contribution in [0.3, 0.4) is 0 Å². The van der Waals surface area contributed by atoms with Gasteiger partial charge < -0.3 is 0 Å². The first-order valence-electron chi connectivity index (χ1n) is 6.78. The molecule has 20 heavy (non-hydrogen) atoms. The molecule has 0 bridgehead atoms. The van der Waals surface area contributed by atoms with E-state index in [1.54, 1.807) is 12.4 Å². The zero-order valence-electron chi connectivity index (χ0n) is 11.2.